The van der Waals surface area contributed by atoms with Crippen LogP contribution in [0.15, 0.2) is 65.4 Å². The van der Waals surface area contributed by atoms with E-state index < -0.39 is 4.92 Å². The van der Waals surface area contributed by atoms with Crippen molar-refractivity contribution in [3.63, 3.8) is 0 Å². The van der Waals surface area contributed by atoms with Crippen LogP contribution in [0.25, 0.3) is 5.70 Å². The first kappa shape index (κ1) is 15.5. The monoisotopic (exact) mass is 397 g/mol. The standard InChI is InChI=1S/C17H12BrN5O2/c18-13-5-1-11(2-6-13)15-9-16(22-17(21-15)19-10-20-22)12-3-7-14(8-4-12)23(24)25/h1-10,16H,(H,19,20,21). The van der Waals surface area contributed by atoms with E-state index in [1.165, 1.54) is 18.5 Å². The van der Waals surface area contributed by atoms with Gasteiger partial charge in [-0.05, 0) is 41.5 Å². The Kier molecular flexibility index (Phi) is 3.81. The van der Waals surface area contributed by atoms with Crippen molar-refractivity contribution in [3.8, 4) is 0 Å². The average Bonchev–Trinajstić information content (AvgIpc) is 3.10. The van der Waals surface area contributed by atoms with Gasteiger partial charge in [0.2, 0.25) is 5.95 Å². The Morgan fingerprint density at radius 2 is 1.84 bits per heavy atom. The molecule has 2 aromatic carbocycles. The Hall–Kier alpha value is -3.00. The zero-order valence-corrected chi connectivity index (χ0v) is 14.4. The van der Waals surface area contributed by atoms with E-state index in [9.17, 15) is 10.1 Å². The normalized spacial score (nSPS) is 15.9. The van der Waals surface area contributed by atoms with Gasteiger partial charge >= 0.3 is 0 Å². The molecule has 7 nitrogen and oxygen atoms in total. The van der Waals surface area contributed by atoms with Crippen molar-refractivity contribution in [2.75, 3.05) is 5.32 Å². The molecule has 3 aromatic rings. The Balaban J connectivity index is 1.76. The quantitative estimate of drug-likeness (QED) is 0.532. The highest BCUT2D eigenvalue weighted by Gasteiger charge is 2.23. The molecule has 1 atom stereocenters. The number of rotatable bonds is 3. The molecule has 0 radical (unpaired) electrons. The van der Waals surface area contributed by atoms with Crippen LogP contribution < -0.4 is 5.32 Å². The number of nitro groups is 1. The van der Waals surface area contributed by atoms with Crippen molar-refractivity contribution in [1.82, 2.24) is 14.8 Å². The highest BCUT2D eigenvalue weighted by molar-refractivity contribution is 9.10. The molecule has 1 N–H and O–H groups in total. The first-order chi connectivity index (χ1) is 12.1. The third-order valence-corrected chi connectivity index (χ3v) is 4.54. The molecule has 0 fully saturated rings. The summed E-state index contributed by atoms with van der Waals surface area (Å²) >= 11 is 3.43. The number of benzene rings is 2. The van der Waals surface area contributed by atoms with Crippen LogP contribution in [0.2, 0.25) is 0 Å². The minimum Gasteiger partial charge on any atom is -0.324 e. The third-order valence-electron chi connectivity index (χ3n) is 4.01. The van der Waals surface area contributed by atoms with Gasteiger partial charge in [-0.25, -0.2) is 4.68 Å². The number of nitro benzene ring substituents is 1. The molecule has 4 rings (SSSR count). The molecule has 124 valence electrons. The third kappa shape index (κ3) is 2.91. The molecule has 25 heavy (non-hydrogen) atoms. The van der Waals surface area contributed by atoms with Gasteiger partial charge in [-0.2, -0.15) is 10.1 Å². The molecule has 1 aromatic heterocycles. The topological polar surface area (TPSA) is 85.9 Å². The molecular weight excluding hydrogens is 386 g/mol. The van der Waals surface area contributed by atoms with E-state index >= 15 is 0 Å². The SMILES string of the molecule is O=[N+]([O-])c1ccc(C2C=C(c3ccc(Br)cc3)Nc3ncnn32)cc1. The van der Waals surface area contributed by atoms with Crippen LogP contribution >= 0.6 is 15.9 Å². The Labute approximate surface area is 151 Å². The minimum atomic E-state index is -0.407. The molecule has 1 unspecified atom stereocenters. The van der Waals surface area contributed by atoms with E-state index in [1.807, 2.05) is 30.3 Å². The van der Waals surface area contributed by atoms with Crippen LogP contribution in [0, 0.1) is 10.1 Å². The fraction of sp³-hybridized carbons (Fsp3) is 0.0588. The van der Waals surface area contributed by atoms with E-state index in [-0.39, 0.29) is 11.7 Å². The number of hydrogen-bond acceptors (Lipinski definition) is 5. The molecule has 2 heterocycles. The van der Waals surface area contributed by atoms with Crippen molar-refractivity contribution in [1.29, 1.82) is 0 Å². The zero-order chi connectivity index (χ0) is 17.4. The number of nitrogens with zero attached hydrogens (tertiary/aromatic N) is 4. The molecular formula is C17H12BrN5O2. The van der Waals surface area contributed by atoms with E-state index in [1.54, 1.807) is 16.8 Å². The summed E-state index contributed by atoms with van der Waals surface area (Å²) in [6.07, 6.45) is 3.52. The fourth-order valence-corrected chi connectivity index (χ4v) is 3.03. The number of allylic oxidation sites excluding steroid dienone is 1. The number of anilines is 1. The maximum absolute atomic E-state index is 10.9. The lowest BCUT2D eigenvalue weighted by Crippen LogP contribution is -2.20. The summed E-state index contributed by atoms with van der Waals surface area (Å²) in [5, 5.41) is 18.4. The number of aromatic nitrogens is 3. The van der Waals surface area contributed by atoms with Crippen LogP contribution in [-0.2, 0) is 0 Å². The smallest absolute Gasteiger partial charge is 0.269 e. The van der Waals surface area contributed by atoms with Crippen LogP contribution in [-0.4, -0.2) is 19.7 Å². The second-order valence-corrected chi connectivity index (χ2v) is 6.45. The molecule has 0 amide bonds. The van der Waals surface area contributed by atoms with Gasteiger partial charge in [0.05, 0.1) is 4.92 Å². The molecule has 1 aliphatic heterocycles. The van der Waals surface area contributed by atoms with Crippen molar-refractivity contribution in [2.45, 2.75) is 6.04 Å². The summed E-state index contributed by atoms with van der Waals surface area (Å²) in [7, 11) is 0. The van der Waals surface area contributed by atoms with Crippen LogP contribution in [0.1, 0.15) is 17.2 Å². The van der Waals surface area contributed by atoms with E-state index in [2.05, 4.69) is 31.3 Å². The molecule has 0 saturated heterocycles. The van der Waals surface area contributed by atoms with Crippen molar-refractivity contribution < 1.29 is 4.92 Å². The van der Waals surface area contributed by atoms with Gasteiger partial charge in [0, 0.05) is 22.3 Å². The Morgan fingerprint density at radius 1 is 1.12 bits per heavy atom. The summed E-state index contributed by atoms with van der Waals surface area (Å²) in [6, 6.07) is 14.2. The van der Waals surface area contributed by atoms with Gasteiger partial charge in [0.1, 0.15) is 12.4 Å². The highest BCUT2D eigenvalue weighted by atomic mass is 79.9. The lowest BCUT2D eigenvalue weighted by Gasteiger charge is -2.24. The van der Waals surface area contributed by atoms with Crippen LogP contribution in [0.4, 0.5) is 11.6 Å². The van der Waals surface area contributed by atoms with E-state index in [0.717, 1.165) is 21.3 Å². The largest absolute Gasteiger partial charge is 0.324 e. The number of hydrogen-bond donors (Lipinski definition) is 1. The van der Waals surface area contributed by atoms with Crippen molar-refractivity contribution in [3.05, 3.63) is 86.6 Å². The predicted octanol–water partition coefficient (Wildman–Crippen LogP) is 4.00. The lowest BCUT2D eigenvalue weighted by atomic mass is 10.0. The Bertz CT molecular complexity index is 963. The molecule has 8 heteroatoms. The Morgan fingerprint density at radius 3 is 2.52 bits per heavy atom. The number of fused-ring (bicyclic) bond motifs is 1. The van der Waals surface area contributed by atoms with Gasteiger partial charge in [0.25, 0.3) is 5.69 Å². The van der Waals surface area contributed by atoms with Crippen LogP contribution in [0.5, 0.6) is 0 Å². The first-order valence-corrected chi connectivity index (χ1v) is 8.30. The average molecular weight is 398 g/mol. The second kappa shape index (κ2) is 6.14. The van der Waals surface area contributed by atoms with E-state index in [0.29, 0.717) is 5.95 Å². The number of non-ortho nitro benzene ring substituents is 1. The minimum absolute atomic E-state index is 0.0635. The zero-order valence-electron chi connectivity index (χ0n) is 12.8. The number of halogens is 1. The van der Waals surface area contributed by atoms with E-state index in [4.69, 9.17) is 0 Å². The summed E-state index contributed by atoms with van der Waals surface area (Å²) < 4.78 is 2.76. The van der Waals surface area contributed by atoms with Gasteiger partial charge in [-0.1, -0.05) is 28.1 Å². The fourth-order valence-electron chi connectivity index (χ4n) is 2.76. The van der Waals surface area contributed by atoms with Gasteiger partial charge in [-0.15, -0.1) is 0 Å². The van der Waals surface area contributed by atoms with Gasteiger partial charge < -0.3 is 5.32 Å². The predicted molar refractivity (Wildman–Crippen MR) is 97.0 cm³/mol. The van der Waals surface area contributed by atoms with Crippen molar-refractivity contribution in [2.24, 2.45) is 0 Å². The summed E-state index contributed by atoms with van der Waals surface area (Å²) in [5.74, 6) is 0.628. The molecule has 0 aliphatic carbocycles. The second-order valence-electron chi connectivity index (χ2n) is 5.53. The molecule has 0 spiro atoms. The summed E-state index contributed by atoms with van der Waals surface area (Å²) in [5.41, 5.74) is 2.89. The maximum atomic E-state index is 10.9. The van der Waals surface area contributed by atoms with Gasteiger partial charge in [-0.3, -0.25) is 10.1 Å². The molecule has 1 aliphatic rings. The van der Waals surface area contributed by atoms with Crippen molar-refractivity contribution >= 4 is 33.3 Å². The van der Waals surface area contributed by atoms with Crippen LogP contribution in [0.3, 0.4) is 0 Å². The number of nitrogens with one attached hydrogen (secondary N) is 1. The highest BCUT2D eigenvalue weighted by Crippen LogP contribution is 2.32. The molecule has 0 saturated carbocycles. The lowest BCUT2D eigenvalue weighted by molar-refractivity contribution is -0.384. The maximum Gasteiger partial charge on any atom is 0.269 e. The summed E-state index contributed by atoms with van der Waals surface area (Å²) in [4.78, 5) is 14.7. The first-order valence-electron chi connectivity index (χ1n) is 7.50. The summed E-state index contributed by atoms with van der Waals surface area (Å²) in [6.45, 7) is 0. The molecule has 0 bridgehead atoms. The van der Waals surface area contributed by atoms with Gasteiger partial charge in [0.15, 0.2) is 0 Å².